The van der Waals surface area contributed by atoms with E-state index in [0.29, 0.717) is 36.7 Å². The normalized spacial score (nSPS) is 14.0. The Morgan fingerprint density at radius 3 is 2.18 bits per heavy atom. The molecule has 0 aliphatic carbocycles. The van der Waals surface area contributed by atoms with Crippen LogP contribution in [-0.4, -0.2) is 47.2 Å². The third-order valence-corrected chi connectivity index (χ3v) is 7.45. The Bertz CT molecular complexity index is 1170. The molecule has 4 rings (SSSR count). The van der Waals surface area contributed by atoms with E-state index in [4.69, 9.17) is 4.74 Å². The number of hydrogen-bond acceptors (Lipinski definition) is 5. The molecule has 8 heteroatoms. The van der Waals surface area contributed by atoms with Crippen LogP contribution in [0.25, 0.3) is 0 Å². The van der Waals surface area contributed by atoms with Crippen molar-refractivity contribution in [1.29, 1.82) is 0 Å². The van der Waals surface area contributed by atoms with Crippen molar-refractivity contribution in [3.8, 4) is 0 Å². The number of hydrogen-bond donors (Lipinski definition) is 1. The second-order valence-electron chi connectivity index (χ2n) is 7.63. The Labute approximate surface area is 194 Å². The molecule has 1 saturated heterocycles. The van der Waals surface area contributed by atoms with E-state index in [1.54, 1.807) is 31.2 Å². The molecule has 172 valence electrons. The lowest BCUT2D eigenvalue weighted by Gasteiger charge is -2.28. The third kappa shape index (κ3) is 5.18. The number of benzene rings is 3. The summed E-state index contributed by atoms with van der Waals surface area (Å²) in [5.41, 5.74) is 2.75. The number of nitrogens with zero attached hydrogens (tertiary/aromatic N) is 2. The van der Waals surface area contributed by atoms with Crippen LogP contribution >= 0.6 is 0 Å². The highest BCUT2D eigenvalue weighted by Gasteiger charge is 2.23. The largest absolute Gasteiger partial charge is 0.378 e. The second kappa shape index (κ2) is 10.1. The number of para-hydroxylation sites is 1. The molecule has 1 amide bonds. The highest BCUT2D eigenvalue weighted by molar-refractivity contribution is 7.92. The van der Waals surface area contributed by atoms with Gasteiger partial charge in [-0.2, -0.15) is 0 Å². The van der Waals surface area contributed by atoms with Gasteiger partial charge in [-0.25, -0.2) is 8.42 Å². The summed E-state index contributed by atoms with van der Waals surface area (Å²) in [6, 6.07) is 22.6. The van der Waals surface area contributed by atoms with Crippen LogP contribution in [0.15, 0.2) is 83.8 Å². The molecule has 1 aliphatic rings. The van der Waals surface area contributed by atoms with Crippen molar-refractivity contribution in [3.05, 3.63) is 84.4 Å². The number of ether oxygens (including phenoxy) is 1. The van der Waals surface area contributed by atoms with E-state index in [2.05, 4.69) is 10.2 Å². The van der Waals surface area contributed by atoms with E-state index >= 15 is 0 Å². The molecule has 1 fully saturated rings. The topological polar surface area (TPSA) is 79.0 Å². The van der Waals surface area contributed by atoms with Crippen molar-refractivity contribution in [3.63, 3.8) is 0 Å². The Kier molecular flexibility index (Phi) is 6.96. The van der Waals surface area contributed by atoms with Crippen molar-refractivity contribution >= 4 is 33.0 Å². The molecule has 1 heterocycles. The van der Waals surface area contributed by atoms with Crippen LogP contribution in [0.4, 0.5) is 17.1 Å². The van der Waals surface area contributed by atoms with Gasteiger partial charge >= 0.3 is 0 Å². The van der Waals surface area contributed by atoms with Gasteiger partial charge < -0.3 is 15.0 Å². The first kappa shape index (κ1) is 22.8. The average Bonchev–Trinajstić information content (AvgIpc) is 2.86. The van der Waals surface area contributed by atoms with E-state index < -0.39 is 10.0 Å². The molecule has 0 bridgehead atoms. The van der Waals surface area contributed by atoms with Gasteiger partial charge in [-0.1, -0.05) is 18.2 Å². The molecule has 3 aromatic carbocycles. The van der Waals surface area contributed by atoms with Gasteiger partial charge in [-0.15, -0.1) is 0 Å². The quantitative estimate of drug-likeness (QED) is 0.571. The summed E-state index contributed by atoms with van der Waals surface area (Å²) in [5, 5.41) is 2.86. The van der Waals surface area contributed by atoms with E-state index in [9.17, 15) is 13.2 Å². The van der Waals surface area contributed by atoms with Gasteiger partial charge in [0.15, 0.2) is 0 Å². The Hall–Kier alpha value is -3.36. The minimum atomic E-state index is -3.73. The number of nitrogens with one attached hydrogen (secondary N) is 1. The van der Waals surface area contributed by atoms with E-state index in [0.717, 1.165) is 18.8 Å². The summed E-state index contributed by atoms with van der Waals surface area (Å²) >= 11 is 0. The molecule has 0 atom stereocenters. The summed E-state index contributed by atoms with van der Waals surface area (Å²) < 4.78 is 32.9. The smallest absolute Gasteiger partial charge is 0.264 e. The standard InChI is InChI=1S/C25H27N3O4S/c1-2-28(23-6-4-3-5-7-23)33(30,31)24-14-8-20(9-15-24)25(29)26-21-10-12-22(13-11-21)27-16-18-32-19-17-27/h3-15H,2,16-19H2,1H3,(H,26,29). The van der Waals surface area contributed by atoms with Crippen LogP contribution in [0.2, 0.25) is 0 Å². The zero-order chi connectivity index (χ0) is 23.3. The Morgan fingerprint density at radius 1 is 0.939 bits per heavy atom. The number of amides is 1. The number of carbonyl (C=O) groups excluding carboxylic acids is 1. The van der Waals surface area contributed by atoms with Gasteiger partial charge in [0, 0.05) is 36.6 Å². The summed E-state index contributed by atoms with van der Waals surface area (Å²) in [6.07, 6.45) is 0. The molecule has 0 radical (unpaired) electrons. The zero-order valence-corrected chi connectivity index (χ0v) is 19.3. The van der Waals surface area contributed by atoms with Crippen LogP contribution in [0.1, 0.15) is 17.3 Å². The van der Waals surface area contributed by atoms with Gasteiger partial charge in [-0.3, -0.25) is 9.10 Å². The summed E-state index contributed by atoms with van der Waals surface area (Å²) in [4.78, 5) is 15.1. The third-order valence-electron chi connectivity index (χ3n) is 5.54. The molecule has 7 nitrogen and oxygen atoms in total. The molecular weight excluding hydrogens is 438 g/mol. The van der Waals surface area contributed by atoms with Crippen molar-refractivity contribution in [2.45, 2.75) is 11.8 Å². The summed E-state index contributed by atoms with van der Waals surface area (Å²) in [6.45, 7) is 5.21. The maximum atomic E-state index is 13.1. The van der Waals surface area contributed by atoms with Crippen molar-refractivity contribution < 1.29 is 17.9 Å². The van der Waals surface area contributed by atoms with Gasteiger partial charge in [0.25, 0.3) is 15.9 Å². The highest BCUT2D eigenvalue weighted by Crippen LogP contribution is 2.24. The minimum absolute atomic E-state index is 0.139. The first-order valence-corrected chi connectivity index (χ1v) is 12.3. The Morgan fingerprint density at radius 2 is 1.58 bits per heavy atom. The second-order valence-corrected chi connectivity index (χ2v) is 9.49. The van der Waals surface area contributed by atoms with Gasteiger partial charge in [-0.05, 0) is 67.6 Å². The van der Waals surface area contributed by atoms with Crippen LogP contribution in [-0.2, 0) is 14.8 Å². The molecule has 1 N–H and O–H groups in total. The fourth-order valence-electron chi connectivity index (χ4n) is 3.77. The molecule has 0 spiro atoms. The first-order valence-electron chi connectivity index (χ1n) is 10.9. The molecule has 0 unspecified atom stereocenters. The van der Waals surface area contributed by atoms with E-state index in [1.165, 1.54) is 28.6 Å². The van der Waals surface area contributed by atoms with Crippen LogP contribution in [0.5, 0.6) is 0 Å². The van der Waals surface area contributed by atoms with E-state index in [1.807, 2.05) is 30.3 Å². The lowest BCUT2D eigenvalue weighted by atomic mass is 10.2. The van der Waals surface area contributed by atoms with Crippen molar-refractivity contribution in [2.24, 2.45) is 0 Å². The predicted octanol–water partition coefficient (Wildman–Crippen LogP) is 3.99. The SMILES string of the molecule is CCN(c1ccccc1)S(=O)(=O)c1ccc(C(=O)Nc2ccc(N3CCOCC3)cc2)cc1. The number of rotatable bonds is 7. The van der Waals surface area contributed by atoms with Crippen molar-refractivity contribution in [2.75, 3.05) is 47.4 Å². The summed E-state index contributed by atoms with van der Waals surface area (Å²) in [5.74, 6) is -0.298. The lowest BCUT2D eigenvalue weighted by Crippen LogP contribution is -2.36. The van der Waals surface area contributed by atoms with Gasteiger partial charge in [0.05, 0.1) is 23.8 Å². The zero-order valence-electron chi connectivity index (χ0n) is 18.5. The van der Waals surface area contributed by atoms with Gasteiger partial charge in [0.1, 0.15) is 0 Å². The van der Waals surface area contributed by atoms with Crippen molar-refractivity contribution in [1.82, 2.24) is 0 Å². The number of carbonyl (C=O) groups is 1. The lowest BCUT2D eigenvalue weighted by molar-refractivity contribution is 0.102. The number of anilines is 3. The maximum absolute atomic E-state index is 13.1. The van der Waals surface area contributed by atoms with Crippen LogP contribution < -0.4 is 14.5 Å². The maximum Gasteiger partial charge on any atom is 0.264 e. The molecule has 0 aromatic heterocycles. The van der Waals surface area contributed by atoms with Crippen LogP contribution in [0, 0.1) is 0 Å². The fraction of sp³-hybridized carbons (Fsp3) is 0.240. The molecule has 33 heavy (non-hydrogen) atoms. The summed E-state index contributed by atoms with van der Waals surface area (Å²) in [7, 11) is -3.73. The van der Waals surface area contributed by atoms with Gasteiger partial charge in [0.2, 0.25) is 0 Å². The number of morpholine rings is 1. The minimum Gasteiger partial charge on any atom is -0.378 e. The highest BCUT2D eigenvalue weighted by atomic mass is 32.2. The number of sulfonamides is 1. The molecular formula is C25H27N3O4S. The first-order chi connectivity index (χ1) is 16.0. The fourth-order valence-corrected chi connectivity index (χ4v) is 5.25. The molecule has 0 saturated carbocycles. The predicted molar refractivity (Wildman–Crippen MR) is 131 cm³/mol. The van der Waals surface area contributed by atoms with E-state index in [-0.39, 0.29) is 10.8 Å². The molecule has 3 aromatic rings. The van der Waals surface area contributed by atoms with Crippen LogP contribution in [0.3, 0.4) is 0 Å². The average molecular weight is 466 g/mol. The Balaban J connectivity index is 1.44. The monoisotopic (exact) mass is 465 g/mol. The molecule has 1 aliphatic heterocycles.